The highest BCUT2D eigenvalue weighted by Crippen LogP contribution is 2.17. The number of anilines is 1. The van der Waals surface area contributed by atoms with Crippen molar-refractivity contribution in [1.29, 1.82) is 0 Å². The first-order chi connectivity index (χ1) is 12.7. The van der Waals surface area contributed by atoms with E-state index in [1.54, 1.807) is 6.20 Å². The fourth-order valence-electron chi connectivity index (χ4n) is 2.95. The predicted octanol–water partition coefficient (Wildman–Crippen LogP) is 2.64. The van der Waals surface area contributed by atoms with Gasteiger partial charge in [-0.2, -0.15) is 0 Å². The smallest absolute Gasteiger partial charge is 0.263 e. The molecule has 138 valence electrons. The molecule has 0 bridgehead atoms. The minimum atomic E-state index is -0.0884. The van der Waals surface area contributed by atoms with Gasteiger partial charge in [-0.05, 0) is 36.4 Å². The van der Waals surface area contributed by atoms with Crippen molar-refractivity contribution < 1.29 is 9.59 Å². The van der Waals surface area contributed by atoms with Crippen LogP contribution >= 0.6 is 11.3 Å². The average Bonchev–Trinajstić information content (AvgIpc) is 3.10. The van der Waals surface area contributed by atoms with Crippen molar-refractivity contribution in [1.82, 2.24) is 15.2 Å². The summed E-state index contributed by atoms with van der Waals surface area (Å²) in [5, 5.41) is 4.78. The van der Waals surface area contributed by atoms with E-state index in [9.17, 15) is 9.59 Å². The fourth-order valence-corrected chi connectivity index (χ4v) is 3.64. The number of nitrogens with one attached hydrogen (secondary N) is 1. The summed E-state index contributed by atoms with van der Waals surface area (Å²) >= 11 is 1.48. The lowest BCUT2D eigenvalue weighted by Gasteiger charge is -2.22. The summed E-state index contributed by atoms with van der Waals surface area (Å²) in [6.07, 6.45) is 3.43. The Hall–Kier alpha value is -2.41. The van der Waals surface area contributed by atoms with Gasteiger partial charge in [0.25, 0.3) is 11.8 Å². The Bertz CT molecular complexity index is 731. The van der Waals surface area contributed by atoms with E-state index in [2.05, 4.69) is 15.2 Å². The van der Waals surface area contributed by atoms with Gasteiger partial charge < -0.3 is 15.1 Å². The summed E-state index contributed by atoms with van der Waals surface area (Å²) in [7, 11) is 0. The SMILES string of the molecule is CCCNC(=O)c1ccc(N2CCCN(C(=O)c3cccs3)CC2)nc1. The van der Waals surface area contributed by atoms with Gasteiger partial charge in [0.05, 0.1) is 10.4 Å². The van der Waals surface area contributed by atoms with Crippen LogP contribution in [0.1, 0.15) is 39.8 Å². The molecule has 3 rings (SSSR count). The molecule has 1 aliphatic heterocycles. The number of carbonyl (C=O) groups is 2. The molecule has 1 N–H and O–H groups in total. The van der Waals surface area contributed by atoms with Crippen LogP contribution in [0.5, 0.6) is 0 Å². The maximum Gasteiger partial charge on any atom is 0.263 e. The van der Waals surface area contributed by atoms with Crippen LogP contribution in [-0.4, -0.2) is 54.4 Å². The molecule has 3 heterocycles. The number of nitrogens with zero attached hydrogens (tertiary/aromatic N) is 3. The van der Waals surface area contributed by atoms with E-state index in [0.29, 0.717) is 18.7 Å². The summed E-state index contributed by atoms with van der Waals surface area (Å²) < 4.78 is 0. The molecule has 0 aromatic carbocycles. The lowest BCUT2D eigenvalue weighted by molar-refractivity contribution is 0.0771. The van der Waals surface area contributed by atoms with Crippen molar-refractivity contribution >= 4 is 29.0 Å². The molecule has 1 saturated heterocycles. The van der Waals surface area contributed by atoms with Gasteiger partial charge in [-0.1, -0.05) is 13.0 Å². The highest BCUT2D eigenvalue weighted by molar-refractivity contribution is 7.12. The van der Waals surface area contributed by atoms with Gasteiger partial charge in [0.2, 0.25) is 0 Å². The summed E-state index contributed by atoms with van der Waals surface area (Å²) in [6, 6.07) is 7.48. The van der Waals surface area contributed by atoms with Gasteiger partial charge in [-0.15, -0.1) is 11.3 Å². The van der Waals surface area contributed by atoms with Crippen molar-refractivity contribution in [2.24, 2.45) is 0 Å². The van der Waals surface area contributed by atoms with Crippen LogP contribution < -0.4 is 10.2 Å². The van der Waals surface area contributed by atoms with Crippen LogP contribution in [0.4, 0.5) is 5.82 Å². The largest absolute Gasteiger partial charge is 0.355 e. The zero-order valence-corrected chi connectivity index (χ0v) is 15.8. The quantitative estimate of drug-likeness (QED) is 0.876. The van der Waals surface area contributed by atoms with Gasteiger partial charge in [-0.25, -0.2) is 4.98 Å². The number of carbonyl (C=O) groups excluding carboxylic acids is 2. The van der Waals surface area contributed by atoms with E-state index in [0.717, 1.165) is 43.2 Å². The molecular formula is C19H24N4O2S. The molecule has 7 heteroatoms. The van der Waals surface area contributed by atoms with Gasteiger partial charge in [0, 0.05) is 38.9 Å². The molecule has 1 fully saturated rings. The number of rotatable bonds is 5. The van der Waals surface area contributed by atoms with E-state index in [1.165, 1.54) is 11.3 Å². The van der Waals surface area contributed by atoms with Gasteiger partial charge >= 0.3 is 0 Å². The first-order valence-corrected chi connectivity index (χ1v) is 9.89. The lowest BCUT2D eigenvalue weighted by Crippen LogP contribution is -2.35. The fraction of sp³-hybridized carbons (Fsp3) is 0.421. The third-order valence-electron chi connectivity index (χ3n) is 4.38. The highest BCUT2D eigenvalue weighted by atomic mass is 32.1. The molecule has 1 aliphatic rings. The summed E-state index contributed by atoms with van der Waals surface area (Å²) in [5.41, 5.74) is 0.575. The zero-order chi connectivity index (χ0) is 18.4. The van der Waals surface area contributed by atoms with Crippen molar-refractivity contribution in [2.75, 3.05) is 37.6 Å². The molecule has 2 aromatic heterocycles. The Labute approximate surface area is 157 Å². The van der Waals surface area contributed by atoms with Crippen LogP contribution in [0.15, 0.2) is 35.8 Å². The third-order valence-corrected chi connectivity index (χ3v) is 5.24. The maximum absolute atomic E-state index is 12.5. The number of thiophene rings is 1. The Morgan fingerprint density at radius 3 is 2.77 bits per heavy atom. The van der Waals surface area contributed by atoms with Crippen molar-refractivity contribution in [3.8, 4) is 0 Å². The molecule has 0 radical (unpaired) electrons. The predicted molar refractivity (Wildman–Crippen MR) is 104 cm³/mol. The maximum atomic E-state index is 12.5. The van der Waals surface area contributed by atoms with Crippen LogP contribution in [0, 0.1) is 0 Å². The Balaban J connectivity index is 1.60. The zero-order valence-electron chi connectivity index (χ0n) is 15.0. The normalized spacial score (nSPS) is 14.8. The van der Waals surface area contributed by atoms with Crippen molar-refractivity contribution in [3.05, 3.63) is 46.3 Å². The second-order valence-corrected chi connectivity index (χ2v) is 7.22. The van der Waals surface area contributed by atoms with Gasteiger partial charge in [0.1, 0.15) is 5.82 Å². The molecule has 0 atom stereocenters. The lowest BCUT2D eigenvalue weighted by atomic mass is 10.2. The molecule has 6 nitrogen and oxygen atoms in total. The van der Waals surface area contributed by atoms with Crippen molar-refractivity contribution in [2.45, 2.75) is 19.8 Å². The molecule has 2 amide bonds. The molecule has 2 aromatic rings. The topological polar surface area (TPSA) is 65.5 Å². The minimum Gasteiger partial charge on any atom is -0.355 e. The standard InChI is InChI=1S/C19H24N4O2S/c1-2-8-20-18(24)15-6-7-17(21-14-15)22-9-4-10-23(12-11-22)19(25)16-5-3-13-26-16/h3,5-7,13-14H,2,4,8-12H2,1H3,(H,20,24). The third kappa shape index (κ3) is 4.40. The number of hydrogen-bond donors (Lipinski definition) is 1. The Kier molecular flexibility index (Phi) is 6.22. The van der Waals surface area contributed by atoms with E-state index in [4.69, 9.17) is 0 Å². The number of aromatic nitrogens is 1. The summed E-state index contributed by atoms with van der Waals surface area (Å²) in [4.78, 5) is 33.8. The molecular weight excluding hydrogens is 348 g/mol. The van der Waals surface area contributed by atoms with E-state index < -0.39 is 0 Å². The first kappa shape index (κ1) is 18.4. The van der Waals surface area contributed by atoms with Gasteiger partial charge in [0.15, 0.2) is 0 Å². The number of pyridine rings is 1. The Morgan fingerprint density at radius 1 is 1.19 bits per heavy atom. The molecule has 0 unspecified atom stereocenters. The number of hydrogen-bond acceptors (Lipinski definition) is 5. The van der Waals surface area contributed by atoms with E-state index in [-0.39, 0.29) is 11.8 Å². The van der Waals surface area contributed by atoms with Crippen LogP contribution in [0.2, 0.25) is 0 Å². The minimum absolute atomic E-state index is 0.0884. The van der Waals surface area contributed by atoms with Gasteiger partial charge in [-0.3, -0.25) is 9.59 Å². The molecule has 26 heavy (non-hydrogen) atoms. The molecule has 0 spiro atoms. The summed E-state index contributed by atoms with van der Waals surface area (Å²) in [6.45, 7) is 5.71. The van der Waals surface area contributed by atoms with Crippen LogP contribution in [-0.2, 0) is 0 Å². The van der Waals surface area contributed by atoms with Crippen molar-refractivity contribution in [3.63, 3.8) is 0 Å². The molecule has 0 aliphatic carbocycles. The highest BCUT2D eigenvalue weighted by Gasteiger charge is 2.21. The molecule has 0 saturated carbocycles. The average molecular weight is 372 g/mol. The van der Waals surface area contributed by atoms with E-state index in [1.807, 2.05) is 41.5 Å². The monoisotopic (exact) mass is 372 g/mol. The Morgan fingerprint density at radius 2 is 2.08 bits per heavy atom. The van der Waals surface area contributed by atoms with Crippen LogP contribution in [0.25, 0.3) is 0 Å². The second kappa shape index (κ2) is 8.80. The first-order valence-electron chi connectivity index (χ1n) is 9.01. The number of amides is 2. The van der Waals surface area contributed by atoms with Crippen LogP contribution in [0.3, 0.4) is 0 Å². The summed E-state index contributed by atoms with van der Waals surface area (Å²) in [5.74, 6) is 0.870. The second-order valence-electron chi connectivity index (χ2n) is 6.27. The van der Waals surface area contributed by atoms with E-state index >= 15 is 0 Å².